The van der Waals surface area contributed by atoms with Gasteiger partial charge in [0.05, 0.1) is 33.3 Å². The molecule has 0 aliphatic carbocycles. The summed E-state index contributed by atoms with van der Waals surface area (Å²) >= 11 is 5.89. The van der Waals surface area contributed by atoms with Gasteiger partial charge in [-0.15, -0.1) is 0 Å². The number of nitrogens with one attached hydrogen (secondary N) is 1. The van der Waals surface area contributed by atoms with Crippen molar-refractivity contribution >= 4 is 50.0 Å². The fourth-order valence-corrected chi connectivity index (χ4v) is 4.17. The normalized spacial score (nSPS) is 11.2. The molecule has 0 aliphatic heterocycles. The van der Waals surface area contributed by atoms with E-state index in [-0.39, 0.29) is 33.3 Å². The minimum atomic E-state index is -4.15. The summed E-state index contributed by atoms with van der Waals surface area (Å²) in [5.74, 6) is -1.94. The average Bonchev–Trinajstić information content (AvgIpc) is 2.67. The Morgan fingerprint density at radius 3 is 2.28 bits per heavy atom. The van der Waals surface area contributed by atoms with Crippen molar-refractivity contribution in [1.82, 2.24) is 0 Å². The molecule has 7 nitrogen and oxygen atoms in total. The first-order chi connectivity index (χ1) is 13.7. The minimum Gasteiger partial charge on any atom is -0.478 e. The number of hydrogen-bond acceptors (Lipinski definition) is 5. The molecule has 0 aliphatic rings. The molecule has 3 aromatic carbocycles. The Labute approximate surface area is 171 Å². The van der Waals surface area contributed by atoms with E-state index in [0.717, 1.165) is 29.0 Å². The van der Waals surface area contributed by atoms with Gasteiger partial charge in [0.1, 0.15) is 0 Å². The number of carbonyl (C=O) groups excluding carboxylic acids is 1. The van der Waals surface area contributed by atoms with Crippen molar-refractivity contribution in [3.05, 3.63) is 70.7 Å². The molecular weight excluding hydrogens is 418 g/mol. The summed E-state index contributed by atoms with van der Waals surface area (Å²) in [7, 11) is -4.15. The number of ether oxygens (including phenoxy) is 1. The van der Waals surface area contributed by atoms with Crippen molar-refractivity contribution in [2.75, 3.05) is 11.3 Å². The van der Waals surface area contributed by atoms with Gasteiger partial charge < -0.3 is 9.84 Å². The summed E-state index contributed by atoms with van der Waals surface area (Å²) in [5, 5.41) is 10.3. The lowest BCUT2D eigenvalue weighted by Crippen LogP contribution is -2.17. The third-order valence-corrected chi connectivity index (χ3v) is 5.78. The summed E-state index contributed by atoms with van der Waals surface area (Å²) in [4.78, 5) is 23.2. The molecule has 0 saturated heterocycles. The Balaban J connectivity index is 2.08. The molecule has 0 heterocycles. The highest BCUT2D eigenvalue weighted by atomic mass is 35.5. The minimum absolute atomic E-state index is 0.0422. The fourth-order valence-electron chi connectivity index (χ4n) is 2.74. The number of esters is 1. The maximum absolute atomic E-state index is 12.8. The van der Waals surface area contributed by atoms with Gasteiger partial charge in [0, 0.05) is 0 Å². The highest BCUT2D eigenvalue weighted by molar-refractivity contribution is 7.92. The highest BCUT2D eigenvalue weighted by Crippen LogP contribution is 2.28. The summed E-state index contributed by atoms with van der Waals surface area (Å²) < 4.78 is 33.1. The Morgan fingerprint density at radius 1 is 1.03 bits per heavy atom. The molecular formula is C20H16ClNO6S. The number of fused-ring (bicyclic) bond motifs is 1. The van der Waals surface area contributed by atoms with Crippen LogP contribution in [0.15, 0.2) is 59.5 Å². The van der Waals surface area contributed by atoms with Crippen LogP contribution in [0.4, 0.5) is 5.69 Å². The largest absolute Gasteiger partial charge is 0.478 e. The molecule has 0 bridgehead atoms. The summed E-state index contributed by atoms with van der Waals surface area (Å²) in [6.07, 6.45) is 0. The second kappa shape index (κ2) is 8.10. The second-order valence-corrected chi connectivity index (χ2v) is 8.11. The summed E-state index contributed by atoms with van der Waals surface area (Å²) in [6.45, 7) is 1.78. The number of aromatic carboxylic acids is 1. The predicted octanol–water partition coefficient (Wildman–Crippen LogP) is 4.17. The van der Waals surface area contributed by atoms with Crippen LogP contribution in [-0.4, -0.2) is 32.1 Å². The molecule has 0 fully saturated rings. The van der Waals surface area contributed by atoms with Crippen LogP contribution in [-0.2, 0) is 14.8 Å². The van der Waals surface area contributed by atoms with Gasteiger partial charge in [-0.05, 0) is 48.0 Å². The zero-order valence-electron chi connectivity index (χ0n) is 15.2. The molecule has 0 atom stereocenters. The van der Waals surface area contributed by atoms with Gasteiger partial charge >= 0.3 is 11.9 Å². The van der Waals surface area contributed by atoms with E-state index in [1.54, 1.807) is 37.3 Å². The first-order valence-corrected chi connectivity index (χ1v) is 10.3. The zero-order valence-corrected chi connectivity index (χ0v) is 16.8. The van der Waals surface area contributed by atoms with E-state index in [4.69, 9.17) is 21.4 Å². The van der Waals surface area contributed by atoms with Crippen LogP contribution < -0.4 is 4.72 Å². The second-order valence-electron chi connectivity index (χ2n) is 6.02. The first kappa shape index (κ1) is 20.6. The van der Waals surface area contributed by atoms with E-state index in [9.17, 15) is 18.0 Å². The van der Waals surface area contributed by atoms with Crippen LogP contribution in [0.3, 0.4) is 0 Å². The number of carboxylic acid groups (broad SMARTS) is 1. The Hall–Kier alpha value is -3.10. The third-order valence-electron chi connectivity index (χ3n) is 4.11. The molecule has 0 radical (unpaired) electrons. The number of benzene rings is 3. The molecule has 3 rings (SSSR count). The molecule has 0 spiro atoms. The molecule has 29 heavy (non-hydrogen) atoms. The third kappa shape index (κ3) is 4.33. The summed E-state index contributed by atoms with van der Waals surface area (Å²) in [6, 6.07) is 13.5. The lowest BCUT2D eigenvalue weighted by Gasteiger charge is -2.14. The van der Waals surface area contributed by atoms with Gasteiger partial charge in [0.2, 0.25) is 0 Å². The topological polar surface area (TPSA) is 110 Å². The zero-order chi connectivity index (χ0) is 21.2. The predicted molar refractivity (Wildman–Crippen MR) is 109 cm³/mol. The lowest BCUT2D eigenvalue weighted by atomic mass is 10.1. The number of rotatable bonds is 6. The average molecular weight is 434 g/mol. The fraction of sp³-hybridized carbons (Fsp3) is 0.100. The molecule has 2 N–H and O–H groups in total. The maximum atomic E-state index is 12.8. The lowest BCUT2D eigenvalue weighted by molar-refractivity contribution is 0.0527. The van der Waals surface area contributed by atoms with Gasteiger partial charge in [-0.2, -0.15) is 0 Å². The van der Waals surface area contributed by atoms with Gasteiger partial charge in [-0.3, -0.25) is 4.72 Å². The van der Waals surface area contributed by atoms with Crippen LogP contribution in [0.2, 0.25) is 5.02 Å². The van der Waals surface area contributed by atoms with Crippen molar-refractivity contribution in [3.63, 3.8) is 0 Å². The number of hydrogen-bond donors (Lipinski definition) is 2. The molecule has 0 aromatic heterocycles. The van der Waals surface area contributed by atoms with Crippen LogP contribution in [0.1, 0.15) is 27.6 Å². The first-order valence-electron chi connectivity index (χ1n) is 8.48. The molecule has 150 valence electrons. The SMILES string of the molecule is CCOC(=O)c1cc2ccccc2cc1NS(=O)(=O)c1ccc(C(=O)O)c(Cl)c1. The van der Waals surface area contributed by atoms with Crippen LogP contribution in [0.25, 0.3) is 10.8 Å². The highest BCUT2D eigenvalue weighted by Gasteiger charge is 2.22. The number of halogens is 1. The van der Waals surface area contributed by atoms with E-state index >= 15 is 0 Å². The van der Waals surface area contributed by atoms with E-state index in [1.165, 1.54) is 6.07 Å². The Bertz CT molecular complexity index is 1220. The maximum Gasteiger partial charge on any atom is 0.340 e. The Morgan fingerprint density at radius 2 is 1.69 bits per heavy atom. The smallest absolute Gasteiger partial charge is 0.340 e. The van der Waals surface area contributed by atoms with E-state index < -0.39 is 22.0 Å². The summed E-state index contributed by atoms with van der Waals surface area (Å²) in [5.41, 5.74) is -0.119. The quantitative estimate of drug-likeness (QED) is 0.564. The van der Waals surface area contributed by atoms with Crippen molar-refractivity contribution in [1.29, 1.82) is 0 Å². The Kier molecular flexibility index (Phi) is 5.76. The number of anilines is 1. The van der Waals surface area contributed by atoms with Gasteiger partial charge in [0.25, 0.3) is 10.0 Å². The number of sulfonamides is 1. The van der Waals surface area contributed by atoms with Gasteiger partial charge in [-0.1, -0.05) is 35.9 Å². The van der Waals surface area contributed by atoms with Crippen LogP contribution in [0.5, 0.6) is 0 Å². The standard InChI is InChI=1S/C20H16ClNO6S/c1-2-28-20(25)16-9-12-5-3-4-6-13(12)10-18(16)22-29(26,27)14-7-8-15(19(23)24)17(21)11-14/h3-11,22H,2H2,1H3,(H,23,24). The van der Waals surface area contributed by atoms with E-state index in [0.29, 0.717) is 0 Å². The number of carbonyl (C=O) groups is 2. The van der Waals surface area contributed by atoms with Gasteiger partial charge in [0.15, 0.2) is 0 Å². The molecule has 0 amide bonds. The van der Waals surface area contributed by atoms with Crippen LogP contribution in [0, 0.1) is 0 Å². The van der Waals surface area contributed by atoms with Crippen molar-refractivity contribution < 1.29 is 27.9 Å². The number of carboxylic acids is 1. The molecule has 9 heteroatoms. The van der Waals surface area contributed by atoms with Crippen molar-refractivity contribution in [2.24, 2.45) is 0 Å². The van der Waals surface area contributed by atoms with Crippen molar-refractivity contribution in [2.45, 2.75) is 11.8 Å². The van der Waals surface area contributed by atoms with Crippen molar-refractivity contribution in [3.8, 4) is 0 Å². The van der Waals surface area contributed by atoms with Crippen LogP contribution >= 0.6 is 11.6 Å². The van der Waals surface area contributed by atoms with E-state index in [2.05, 4.69) is 4.72 Å². The molecule has 0 unspecified atom stereocenters. The van der Waals surface area contributed by atoms with Gasteiger partial charge in [-0.25, -0.2) is 18.0 Å². The van der Waals surface area contributed by atoms with E-state index in [1.807, 2.05) is 0 Å². The molecule has 0 saturated carbocycles. The monoisotopic (exact) mass is 433 g/mol. The molecule has 3 aromatic rings.